The summed E-state index contributed by atoms with van der Waals surface area (Å²) < 4.78 is 0. The van der Waals surface area contributed by atoms with E-state index < -0.39 is 0 Å². The van der Waals surface area contributed by atoms with Crippen LogP contribution in [0.5, 0.6) is 0 Å². The fraction of sp³-hybridized carbons (Fsp3) is 0.647. The first-order chi connectivity index (χ1) is 9.79. The standard InChI is InChI=1S/C17H29N3O/c1-7-9-18-15-11-13(10-14(19-15)12(3)4)16(21)20-17(5,6)8-2/h10-12H,7-9H2,1-6H3,(H,18,19)(H,20,21). The summed E-state index contributed by atoms with van der Waals surface area (Å²) in [7, 11) is 0. The predicted molar refractivity (Wildman–Crippen MR) is 88.9 cm³/mol. The zero-order valence-electron chi connectivity index (χ0n) is 14.2. The first-order valence-corrected chi connectivity index (χ1v) is 7.87. The van der Waals surface area contributed by atoms with E-state index in [2.05, 4.69) is 43.3 Å². The van der Waals surface area contributed by atoms with Crippen molar-refractivity contribution in [2.45, 2.75) is 65.8 Å². The Hall–Kier alpha value is -1.58. The lowest BCUT2D eigenvalue weighted by molar-refractivity contribution is 0.0911. The van der Waals surface area contributed by atoms with E-state index in [1.165, 1.54) is 0 Å². The zero-order valence-corrected chi connectivity index (χ0v) is 14.2. The number of anilines is 1. The van der Waals surface area contributed by atoms with Gasteiger partial charge in [0.1, 0.15) is 5.82 Å². The summed E-state index contributed by atoms with van der Waals surface area (Å²) in [5.41, 5.74) is 1.42. The van der Waals surface area contributed by atoms with Gasteiger partial charge in [-0.25, -0.2) is 4.98 Å². The molecule has 0 saturated carbocycles. The molecule has 0 bridgehead atoms. The Bertz CT molecular complexity index is 481. The Morgan fingerprint density at radius 3 is 2.48 bits per heavy atom. The highest BCUT2D eigenvalue weighted by Gasteiger charge is 2.20. The molecule has 0 aliphatic rings. The van der Waals surface area contributed by atoms with Crippen molar-refractivity contribution in [2.24, 2.45) is 0 Å². The van der Waals surface area contributed by atoms with Gasteiger partial charge in [-0.15, -0.1) is 0 Å². The molecule has 118 valence electrons. The molecule has 4 nitrogen and oxygen atoms in total. The molecular formula is C17H29N3O. The lowest BCUT2D eigenvalue weighted by Gasteiger charge is -2.24. The molecule has 1 aromatic heterocycles. The van der Waals surface area contributed by atoms with Gasteiger partial charge >= 0.3 is 0 Å². The number of amides is 1. The van der Waals surface area contributed by atoms with Crippen molar-refractivity contribution >= 4 is 11.7 Å². The van der Waals surface area contributed by atoms with Crippen molar-refractivity contribution in [2.75, 3.05) is 11.9 Å². The van der Waals surface area contributed by atoms with Crippen LogP contribution < -0.4 is 10.6 Å². The molecule has 0 radical (unpaired) electrons. The summed E-state index contributed by atoms with van der Waals surface area (Å²) in [5.74, 6) is 1.03. The van der Waals surface area contributed by atoms with Gasteiger partial charge in [0, 0.05) is 23.3 Å². The third-order valence-electron chi connectivity index (χ3n) is 3.59. The molecule has 1 amide bonds. The molecule has 0 unspecified atom stereocenters. The summed E-state index contributed by atoms with van der Waals surface area (Å²) in [6.07, 6.45) is 1.92. The summed E-state index contributed by atoms with van der Waals surface area (Å²) >= 11 is 0. The number of rotatable bonds is 7. The maximum atomic E-state index is 12.5. The molecule has 21 heavy (non-hydrogen) atoms. The van der Waals surface area contributed by atoms with E-state index >= 15 is 0 Å². The van der Waals surface area contributed by atoms with Gasteiger partial charge in [0.2, 0.25) is 0 Å². The fourth-order valence-corrected chi connectivity index (χ4v) is 1.79. The highest BCUT2D eigenvalue weighted by molar-refractivity contribution is 5.95. The van der Waals surface area contributed by atoms with E-state index in [1.807, 2.05) is 26.0 Å². The molecule has 0 aromatic carbocycles. The number of nitrogens with zero attached hydrogens (tertiary/aromatic N) is 1. The van der Waals surface area contributed by atoms with Crippen molar-refractivity contribution in [3.63, 3.8) is 0 Å². The molecule has 1 heterocycles. The van der Waals surface area contributed by atoms with Crippen LogP contribution in [0.3, 0.4) is 0 Å². The highest BCUT2D eigenvalue weighted by atomic mass is 16.1. The van der Waals surface area contributed by atoms with Gasteiger partial charge in [0.05, 0.1) is 0 Å². The number of nitrogens with one attached hydrogen (secondary N) is 2. The molecule has 0 atom stereocenters. The lowest BCUT2D eigenvalue weighted by Crippen LogP contribution is -2.42. The number of hydrogen-bond acceptors (Lipinski definition) is 3. The Balaban J connectivity index is 3.04. The second-order valence-corrected chi connectivity index (χ2v) is 6.44. The summed E-state index contributed by atoms with van der Waals surface area (Å²) in [4.78, 5) is 17.0. The Morgan fingerprint density at radius 1 is 1.29 bits per heavy atom. The number of carbonyl (C=O) groups excluding carboxylic acids is 1. The van der Waals surface area contributed by atoms with Gasteiger partial charge in [0.15, 0.2) is 0 Å². The topological polar surface area (TPSA) is 54.0 Å². The molecule has 0 fully saturated rings. The Labute approximate surface area is 128 Å². The second kappa shape index (κ2) is 7.43. The monoisotopic (exact) mass is 291 g/mol. The Morgan fingerprint density at radius 2 is 1.95 bits per heavy atom. The van der Waals surface area contributed by atoms with E-state index in [1.54, 1.807) is 0 Å². The van der Waals surface area contributed by atoms with Crippen molar-refractivity contribution < 1.29 is 4.79 Å². The molecule has 0 spiro atoms. The summed E-state index contributed by atoms with van der Waals surface area (Å²) in [6, 6.07) is 3.73. The van der Waals surface area contributed by atoms with Gasteiger partial charge in [-0.2, -0.15) is 0 Å². The largest absolute Gasteiger partial charge is 0.370 e. The maximum absolute atomic E-state index is 12.5. The average molecular weight is 291 g/mol. The van der Waals surface area contributed by atoms with E-state index in [9.17, 15) is 4.79 Å². The van der Waals surface area contributed by atoms with Crippen LogP contribution in [0.1, 0.15) is 76.4 Å². The van der Waals surface area contributed by atoms with E-state index in [-0.39, 0.29) is 11.4 Å². The normalized spacial score (nSPS) is 11.6. The van der Waals surface area contributed by atoms with Crippen LogP contribution >= 0.6 is 0 Å². The molecule has 0 aliphatic carbocycles. The number of pyridine rings is 1. The van der Waals surface area contributed by atoms with Crippen LogP contribution in [0.2, 0.25) is 0 Å². The minimum Gasteiger partial charge on any atom is -0.370 e. The highest BCUT2D eigenvalue weighted by Crippen LogP contribution is 2.19. The van der Waals surface area contributed by atoms with Crippen LogP contribution in [0.15, 0.2) is 12.1 Å². The summed E-state index contributed by atoms with van der Waals surface area (Å²) in [6.45, 7) is 13.3. The number of hydrogen-bond donors (Lipinski definition) is 2. The van der Waals surface area contributed by atoms with Crippen LogP contribution in [0.25, 0.3) is 0 Å². The van der Waals surface area contributed by atoms with Crippen LogP contribution in [-0.4, -0.2) is 23.0 Å². The van der Waals surface area contributed by atoms with Crippen LogP contribution in [0.4, 0.5) is 5.82 Å². The minimum atomic E-state index is -0.199. The third-order valence-corrected chi connectivity index (χ3v) is 3.59. The van der Waals surface area contributed by atoms with Crippen molar-refractivity contribution in [1.29, 1.82) is 0 Å². The molecule has 4 heteroatoms. The minimum absolute atomic E-state index is 0.0364. The zero-order chi connectivity index (χ0) is 16.0. The Kier molecular flexibility index (Phi) is 6.19. The molecule has 0 saturated heterocycles. The van der Waals surface area contributed by atoms with Crippen molar-refractivity contribution in [3.8, 4) is 0 Å². The van der Waals surface area contributed by atoms with Gasteiger partial charge in [-0.05, 0) is 44.7 Å². The van der Waals surface area contributed by atoms with Gasteiger partial charge in [-0.3, -0.25) is 4.79 Å². The molecule has 2 N–H and O–H groups in total. The number of aromatic nitrogens is 1. The lowest BCUT2D eigenvalue weighted by atomic mass is 10.0. The van der Waals surface area contributed by atoms with Crippen molar-refractivity contribution in [3.05, 3.63) is 23.4 Å². The predicted octanol–water partition coefficient (Wildman–Crippen LogP) is 3.95. The van der Waals surface area contributed by atoms with E-state index in [4.69, 9.17) is 0 Å². The van der Waals surface area contributed by atoms with E-state index in [0.29, 0.717) is 11.5 Å². The first kappa shape index (κ1) is 17.5. The second-order valence-electron chi connectivity index (χ2n) is 6.44. The quantitative estimate of drug-likeness (QED) is 0.800. The fourth-order valence-electron chi connectivity index (χ4n) is 1.79. The smallest absolute Gasteiger partial charge is 0.251 e. The SMILES string of the molecule is CCCNc1cc(C(=O)NC(C)(C)CC)cc(C(C)C)n1. The average Bonchev–Trinajstić information content (AvgIpc) is 2.44. The van der Waals surface area contributed by atoms with Crippen LogP contribution in [-0.2, 0) is 0 Å². The maximum Gasteiger partial charge on any atom is 0.251 e. The third kappa shape index (κ3) is 5.37. The van der Waals surface area contributed by atoms with E-state index in [0.717, 1.165) is 30.9 Å². The molecule has 1 rings (SSSR count). The molecule has 0 aliphatic heterocycles. The molecular weight excluding hydrogens is 262 g/mol. The van der Waals surface area contributed by atoms with Crippen molar-refractivity contribution in [1.82, 2.24) is 10.3 Å². The summed E-state index contributed by atoms with van der Waals surface area (Å²) in [5, 5.41) is 6.35. The molecule has 1 aromatic rings. The van der Waals surface area contributed by atoms with Gasteiger partial charge < -0.3 is 10.6 Å². The van der Waals surface area contributed by atoms with Crippen LogP contribution in [0, 0.1) is 0 Å². The number of carbonyl (C=O) groups is 1. The first-order valence-electron chi connectivity index (χ1n) is 7.87. The van der Waals surface area contributed by atoms with Gasteiger partial charge in [0.25, 0.3) is 5.91 Å². The van der Waals surface area contributed by atoms with Gasteiger partial charge in [-0.1, -0.05) is 27.7 Å².